The van der Waals surface area contributed by atoms with E-state index in [1.165, 1.54) is 22.3 Å². The van der Waals surface area contributed by atoms with Crippen molar-refractivity contribution in [1.29, 1.82) is 0 Å². The Bertz CT molecular complexity index is 813. The largest absolute Gasteiger partial charge is 0.493 e. The van der Waals surface area contributed by atoms with Crippen molar-refractivity contribution in [3.63, 3.8) is 0 Å². The van der Waals surface area contributed by atoms with Crippen LogP contribution in [-0.2, 0) is 13.0 Å². The fourth-order valence-corrected chi connectivity index (χ4v) is 3.10. The number of nitrogens with one attached hydrogen (secondary N) is 1. The normalized spacial score (nSPS) is 11.9. The highest BCUT2D eigenvalue weighted by molar-refractivity contribution is 5.36. The third-order valence-electron chi connectivity index (χ3n) is 4.57. The summed E-state index contributed by atoms with van der Waals surface area (Å²) in [5.41, 5.74) is 5.10. The number of hydrogen-bond acceptors (Lipinski definition) is 2. The van der Waals surface area contributed by atoms with E-state index in [2.05, 4.69) is 85.9 Å². The minimum absolute atomic E-state index is 0.225. The molecule has 1 N–H and O–H groups in total. The van der Waals surface area contributed by atoms with Crippen LogP contribution >= 0.6 is 0 Å². The molecular weight excluding hydrogens is 318 g/mol. The van der Waals surface area contributed by atoms with E-state index in [0.717, 1.165) is 18.7 Å². The first-order valence-corrected chi connectivity index (χ1v) is 9.27. The summed E-state index contributed by atoms with van der Waals surface area (Å²) in [6, 6.07) is 27.6. The van der Waals surface area contributed by atoms with Gasteiger partial charge in [0, 0.05) is 24.6 Å². The number of hydrogen-bond donors (Lipinski definition) is 1. The SMILES string of the molecule is Cc1cccc(CNC(C)c2ccccc2OCCc2ccccc2)c1. The first kappa shape index (κ1) is 18.2. The zero-order valence-electron chi connectivity index (χ0n) is 15.6. The van der Waals surface area contributed by atoms with Gasteiger partial charge in [0.05, 0.1) is 6.61 Å². The second kappa shape index (κ2) is 9.21. The van der Waals surface area contributed by atoms with Gasteiger partial charge in [-0.25, -0.2) is 0 Å². The van der Waals surface area contributed by atoms with Gasteiger partial charge in [0.25, 0.3) is 0 Å². The molecule has 0 saturated carbocycles. The van der Waals surface area contributed by atoms with Gasteiger partial charge in [-0.15, -0.1) is 0 Å². The Balaban J connectivity index is 1.58. The van der Waals surface area contributed by atoms with Crippen LogP contribution in [0, 0.1) is 6.92 Å². The molecule has 1 unspecified atom stereocenters. The maximum absolute atomic E-state index is 6.09. The van der Waals surface area contributed by atoms with E-state index in [1.54, 1.807) is 0 Å². The summed E-state index contributed by atoms with van der Waals surface area (Å²) < 4.78 is 6.09. The standard InChI is InChI=1S/C24H27NO/c1-19-9-8-12-22(17-19)18-25-20(2)23-13-6-7-14-24(23)26-16-15-21-10-4-3-5-11-21/h3-14,17,20,25H,15-16,18H2,1-2H3. The predicted octanol–water partition coefficient (Wildman–Crippen LogP) is 5.47. The average molecular weight is 345 g/mol. The van der Waals surface area contributed by atoms with Gasteiger partial charge < -0.3 is 10.1 Å². The molecule has 0 saturated heterocycles. The molecule has 2 nitrogen and oxygen atoms in total. The Hall–Kier alpha value is -2.58. The van der Waals surface area contributed by atoms with E-state index in [-0.39, 0.29) is 6.04 Å². The number of para-hydroxylation sites is 1. The number of benzene rings is 3. The average Bonchev–Trinajstić information content (AvgIpc) is 2.67. The molecule has 3 aromatic carbocycles. The van der Waals surface area contributed by atoms with Crippen LogP contribution in [0.3, 0.4) is 0 Å². The summed E-state index contributed by atoms with van der Waals surface area (Å²) >= 11 is 0. The molecule has 2 heteroatoms. The molecule has 0 radical (unpaired) electrons. The molecule has 0 aliphatic carbocycles. The topological polar surface area (TPSA) is 21.3 Å². The van der Waals surface area contributed by atoms with Crippen molar-refractivity contribution < 1.29 is 4.74 Å². The predicted molar refractivity (Wildman–Crippen MR) is 109 cm³/mol. The van der Waals surface area contributed by atoms with Crippen molar-refractivity contribution in [3.8, 4) is 5.75 Å². The molecule has 0 amide bonds. The molecule has 134 valence electrons. The van der Waals surface area contributed by atoms with Crippen LogP contribution in [-0.4, -0.2) is 6.61 Å². The smallest absolute Gasteiger partial charge is 0.124 e. The molecule has 0 aromatic heterocycles. The Morgan fingerprint density at radius 2 is 1.58 bits per heavy atom. The lowest BCUT2D eigenvalue weighted by atomic mass is 10.1. The van der Waals surface area contributed by atoms with Crippen LogP contribution in [0.15, 0.2) is 78.9 Å². The van der Waals surface area contributed by atoms with Crippen molar-refractivity contribution in [2.24, 2.45) is 0 Å². The fraction of sp³-hybridized carbons (Fsp3) is 0.250. The van der Waals surface area contributed by atoms with E-state index in [4.69, 9.17) is 4.74 Å². The third kappa shape index (κ3) is 5.21. The molecule has 0 bridgehead atoms. The molecule has 3 rings (SSSR count). The van der Waals surface area contributed by atoms with Gasteiger partial charge in [0.2, 0.25) is 0 Å². The minimum atomic E-state index is 0.225. The molecule has 3 aromatic rings. The maximum Gasteiger partial charge on any atom is 0.124 e. The van der Waals surface area contributed by atoms with E-state index in [9.17, 15) is 0 Å². The van der Waals surface area contributed by atoms with Crippen LogP contribution in [0.2, 0.25) is 0 Å². The summed E-state index contributed by atoms with van der Waals surface area (Å²) in [7, 11) is 0. The molecule has 0 spiro atoms. The molecule has 1 atom stereocenters. The highest BCUT2D eigenvalue weighted by Crippen LogP contribution is 2.25. The molecule has 0 fully saturated rings. The van der Waals surface area contributed by atoms with Crippen LogP contribution in [0.4, 0.5) is 0 Å². The van der Waals surface area contributed by atoms with Gasteiger partial charge in [-0.2, -0.15) is 0 Å². The minimum Gasteiger partial charge on any atom is -0.493 e. The molecular formula is C24H27NO. The zero-order chi connectivity index (χ0) is 18.2. The van der Waals surface area contributed by atoms with E-state index in [1.807, 2.05) is 12.1 Å². The second-order valence-electron chi connectivity index (χ2n) is 6.71. The highest BCUT2D eigenvalue weighted by Gasteiger charge is 2.11. The highest BCUT2D eigenvalue weighted by atomic mass is 16.5. The Labute approximate surface area is 156 Å². The summed E-state index contributed by atoms with van der Waals surface area (Å²) in [5, 5.41) is 3.61. The molecule has 0 aliphatic heterocycles. The summed E-state index contributed by atoms with van der Waals surface area (Å²) in [6.07, 6.45) is 0.917. The zero-order valence-corrected chi connectivity index (χ0v) is 15.6. The summed E-state index contributed by atoms with van der Waals surface area (Å²) in [4.78, 5) is 0. The number of aryl methyl sites for hydroxylation is 1. The number of rotatable bonds is 8. The van der Waals surface area contributed by atoms with E-state index in [0.29, 0.717) is 6.61 Å². The van der Waals surface area contributed by atoms with Gasteiger partial charge in [-0.05, 0) is 31.0 Å². The summed E-state index contributed by atoms with van der Waals surface area (Å²) in [5.74, 6) is 0.965. The van der Waals surface area contributed by atoms with Crippen LogP contribution in [0.5, 0.6) is 5.75 Å². The quantitative estimate of drug-likeness (QED) is 0.585. The van der Waals surface area contributed by atoms with Crippen molar-refractivity contribution in [2.75, 3.05) is 6.61 Å². The Morgan fingerprint density at radius 3 is 2.38 bits per heavy atom. The van der Waals surface area contributed by atoms with Gasteiger partial charge in [0.15, 0.2) is 0 Å². The fourth-order valence-electron chi connectivity index (χ4n) is 3.10. The molecule has 26 heavy (non-hydrogen) atoms. The second-order valence-corrected chi connectivity index (χ2v) is 6.71. The van der Waals surface area contributed by atoms with Crippen LogP contribution in [0.1, 0.15) is 35.2 Å². The van der Waals surface area contributed by atoms with Crippen molar-refractivity contribution in [3.05, 3.63) is 101 Å². The van der Waals surface area contributed by atoms with Crippen molar-refractivity contribution in [1.82, 2.24) is 5.32 Å². The lowest BCUT2D eigenvalue weighted by Crippen LogP contribution is -2.19. The first-order chi connectivity index (χ1) is 12.7. The number of ether oxygens (including phenoxy) is 1. The summed E-state index contributed by atoms with van der Waals surface area (Å²) in [6.45, 7) is 5.85. The maximum atomic E-state index is 6.09. The van der Waals surface area contributed by atoms with Gasteiger partial charge in [-0.3, -0.25) is 0 Å². The molecule has 0 aliphatic rings. The lowest BCUT2D eigenvalue weighted by molar-refractivity contribution is 0.315. The molecule has 0 heterocycles. The lowest BCUT2D eigenvalue weighted by Gasteiger charge is -2.18. The van der Waals surface area contributed by atoms with Crippen LogP contribution in [0.25, 0.3) is 0 Å². The van der Waals surface area contributed by atoms with E-state index >= 15 is 0 Å². The van der Waals surface area contributed by atoms with Gasteiger partial charge in [0.1, 0.15) is 5.75 Å². The van der Waals surface area contributed by atoms with Gasteiger partial charge in [-0.1, -0.05) is 78.4 Å². The van der Waals surface area contributed by atoms with Crippen molar-refractivity contribution >= 4 is 0 Å². The third-order valence-corrected chi connectivity index (χ3v) is 4.57. The van der Waals surface area contributed by atoms with Crippen molar-refractivity contribution in [2.45, 2.75) is 32.9 Å². The Morgan fingerprint density at radius 1 is 0.846 bits per heavy atom. The van der Waals surface area contributed by atoms with E-state index < -0.39 is 0 Å². The monoisotopic (exact) mass is 345 g/mol. The van der Waals surface area contributed by atoms with Gasteiger partial charge >= 0.3 is 0 Å². The first-order valence-electron chi connectivity index (χ1n) is 9.27. The van der Waals surface area contributed by atoms with Crippen LogP contribution < -0.4 is 10.1 Å². The Kier molecular flexibility index (Phi) is 6.45.